The highest BCUT2D eigenvalue weighted by molar-refractivity contribution is 6.30. The summed E-state index contributed by atoms with van der Waals surface area (Å²) in [6.45, 7) is 0.456. The van der Waals surface area contributed by atoms with Gasteiger partial charge in [0.25, 0.3) is 0 Å². The van der Waals surface area contributed by atoms with Crippen molar-refractivity contribution in [3.05, 3.63) is 71.4 Å². The van der Waals surface area contributed by atoms with Crippen LogP contribution in [0.25, 0.3) is 16.9 Å². The quantitative estimate of drug-likeness (QED) is 0.797. The molecular formula is C16H14ClN3. The van der Waals surface area contributed by atoms with E-state index in [1.807, 2.05) is 65.5 Å². The molecule has 1 heterocycles. The predicted octanol–water partition coefficient (Wildman–Crippen LogP) is 3.65. The summed E-state index contributed by atoms with van der Waals surface area (Å²) in [6, 6.07) is 17.6. The zero-order valence-corrected chi connectivity index (χ0v) is 11.6. The Kier molecular flexibility index (Phi) is 3.54. The summed E-state index contributed by atoms with van der Waals surface area (Å²) in [4.78, 5) is 0. The first-order valence-electron chi connectivity index (χ1n) is 6.38. The van der Waals surface area contributed by atoms with Gasteiger partial charge < -0.3 is 5.73 Å². The first-order chi connectivity index (χ1) is 9.78. The SMILES string of the molecule is NCc1cn(-c2ccc(Cl)cc2)nc1-c1ccccc1. The van der Waals surface area contributed by atoms with E-state index in [1.54, 1.807) is 0 Å². The van der Waals surface area contributed by atoms with E-state index < -0.39 is 0 Å². The Morgan fingerprint density at radius 1 is 1.00 bits per heavy atom. The number of hydrogen-bond donors (Lipinski definition) is 1. The fourth-order valence-electron chi connectivity index (χ4n) is 2.12. The second-order valence-corrected chi connectivity index (χ2v) is 4.93. The van der Waals surface area contributed by atoms with Crippen LogP contribution in [0.4, 0.5) is 0 Å². The van der Waals surface area contributed by atoms with E-state index in [2.05, 4.69) is 5.10 Å². The molecule has 0 unspecified atom stereocenters. The molecule has 3 rings (SSSR count). The van der Waals surface area contributed by atoms with Gasteiger partial charge in [0.05, 0.1) is 11.4 Å². The minimum Gasteiger partial charge on any atom is -0.326 e. The summed E-state index contributed by atoms with van der Waals surface area (Å²) in [5.41, 5.74) is 9.80. The summed E-state index contributed by atoms with van der Waals surface area (Å²) in [6.07, 6.45) is 1.96. The predicted molar refractivity (Wildman–Crippen MR) is 81.9 cm³/mol. The number of aromatic nitrogens is 2. The average Bonchev–Trinajstić information content (AvgIpc) is 2.93. The Bertz CT molecular complexity index is 702. The lowest BCUT2D eigenvalue weighted by Crippen LogP contribution is -1.96. The lowest BCUT2D eigenvalue weighted by Gasteiger charge is -2.01. The molecule has 0 aliphatic rings. The van der Waals surface area contributed by atoms with Crippen molar-refractivity contribution in [1.82, 2.24) is 9.78 Å². The second-order valence-electron chi connectivity index (χ2n) is 4.49. The van der Waals surface area contributed by atoms with Crippen LogP contribution in [0.5, 0.6) is 0 Å². The Hall–Kier alpha value is -2.10. The summed E-state index contributed by atoms with van der Waals surface area (Å²) in [7, 11) is 0. The molecule has 20 heavy (non-hydrogen) atoms. The zero-order valence-electron chi connectivity index (χ0n) is 10.8. The molecule has 3 aromatic rings. The van der Waals surface area contributed by atoms with Crippen molar-refractivity contribution < 1.29 is 0 Å². The molecule has 0 saturated carbocycles. The van der Waals surface area contributed by atoms with Gasteiger partial charge in [0, 0.05) is 28.9 Å². The van der Waals surface area contributed by atoms with Crippen molar-refractivity contribution in [2.45, 2.75) is 6.54 Å². The minimum absolute atomic E-state index is 0.456. The van der Waals surface area contributed by atoms with Crippen molar-refractivity contribution in [2.24, 2.45) is 5.73 Å². The van der Waals surface area contributed by atoms with Crippen LogP contribution in [-0.2, 0) is 6.54 Å². The van der Waals surface area contributed by atoms with E-state index >= 15 is 0 Å². The van der Waals surface area contributed by atoms with Crippen LogP contribution in [0, 0.1) is 0 Å². The van der Waals surface area contributed by atoms with E-state index in [-0.39, 0.29) is 0 Å². The van der Waals surface area contributed by atoms with Gasteiger partial charge in [0.2, 0.25) is 0 Å². The van der Waals surface area contributed by atoms with Gasteiger partial charge in [-0.15, -0.1) is 0 Å². The fourth-order valence-corrected chi connectivity index (χ4v) is 2.25. The van der Waals surface area contributed by atoms with Crippen LogP contribution in [0.3, 0.4) is 0 Å². The van der Waals surface area contributed by atoms with E-state index in [9.17, 15) is 0 Å². The highest BCUT2D eigenvalue weighted by Crippen LogP contribution is 2.23. The maximum atomic E-state index is 5.91. The average molecular weight is 284 g/mol. The fraction of sp³-hybridized carbons (Fsp3) is 0.0625. The highest BCUT2D eigenvalue weighted by atomic mass is 35.5. The van der Waals surface area contributed by atoms with Gasteiger partial charge >= 0.3 is 0 Å². The van der Waals surface area contributed by atoms with Crippen LogP contribution in [0.2, 0.25) is 5.02 Å². The summed E-state index contributed by atoms with van der Waals surface area (Å²) < 4.78 is 1.83. The lowest BCUT2D eigenvalue weighted by atomic mass is 10.1. The molecule has 3 nitrogen and oxygen atoms in total. The van der Waals surface area contributed by atoms with E-state index in [1.165, 1.54) is 0 Å². The van der Waals surface area contributed by atoms with Crippen molar-refractivity contribution >= 4 is 11.6 Å². The first kappa shape index (κ1) is 12.9. The number of hydrogen-bond acceptors (Lipinski definition) is 2. The second kappa shape index (κ2) is 5.49. The molecule has 2 aromatic carbocycles. The number of halogens is 1. The molecule has 1 aromatic heterocycles. The van der Waals surface area contributed by atoms with Gasteiger partial charge in [-0.05, 0) is 24.3 Å². The molecule has 0 aliphatic carbocycles. The van der Waals surface area contributed by atoms with Crippen LogP contribution in [0.1, 0.15) is 5.56 Å². The van der Waals surface area contributed by atoms with Gasteiger partial charge in [0.1, 0.15) is 0 Å². The summed E-state index contributed by atoms with van der Waals surface area (Å²) >= 11 is 5.91. The van der Waals surface area contributed by atoms with Gasteiger partial charge in [-0.25, -0.2) is 4.68 Å². The van der Waals surface area contributed by atoms with Crippen molar-refractivity contribution in [3.63, 3.8) is 0 Å². The highest BCUT2D eigenvalue weighted by Gasteiger charge is 2.10. The molecular weight excluding hydrogens is 270 g/mol. The number of nitrogens with two attached hydrogens (primary N) is 1. The molecule has 2 N–H and O–H groups in total. The number of nitrogens with zero attached hydrogens (tertiary/aromatic N) is 2. The third-order valence-electron chi connectivity index (χ3n) is 3.15. The standard InChI is InChI=1S/C16H14ClN3/c17-14-6-8-15(9-7-14)20-11-13(10-18)16(19-20)12-4-2-1-3-5-12/h1-9,11H,10,18H2. The maximum Gasteiger partial charge on any atom is 0.0972 e. The number of benzene rings is 2. The van der Waals surface area contributed by atoms with Crippen LogP contribution < -0.4 is 5.73 Å². The molecule has 0 saturated heterocycles. The van der Waals surface area contributed by atoms with E-state index in [4.69, 9.17) is 17.3 Å². The molecule has 0 atom stereocenters. The molecule has 100 valence electrons. The van der Waals surface area contributed by atoms with Crippen LogP contribution >= 0.6 is 11.6 Å². The minimum atomic E-state index is 0.456. The Morgan fingerprint density at radius 2 is 1.70 bits per heavy atom. The molecule has 0 radical (unpaired) electrons. The topological polar surface area (TPSA) is 43.8 Å². The summed E-state index contributed by atoms with van der Waals surface area (Å²) in [5, 5.41) is 5.36. The Morgan fingerprint density at radius 3 is 2.35 bits per heavy atom. The zero-order chi connectivity index (χ0) is 13.9. The molecule has 4 heteroatoms. The normalized spacial score (nSPS) is 10.7. The molecule has 0 fully saturated rings. The molecule has 0 spiro atoms. The molecule has 0 aliphatic heterocycles. The monoisotopic (exact) mass is 283 g/mol. The van der Waals surface area contributed by atoms with Gasteiger partial charge in [-0.2, -0.15) is 5.10 Å². The maximum absolute atomic E-state index is 5.91. The van der Waals surface area contributed by atoms with Crippen LogP contribution in [0.15, 0.2) is 60.8 Å². The summed E-state index contributed by atoms with van der Waals surface area (Å²) in [5.74, 6) is 0. The van der Waals surface area contributed by atoms with Gasteiger partial charge in [-0.3, -0.25) is 0 Å². The van der Waals surface area contributed by atoms with E-state index in [0.717, 1.165) is 22.5 Å². The van der Waals surface area contributed by atoms with Crippen molar-refractivity contribution in [3.8, 4) is 16.9 Å². The largest absolute Gasteiger partial charge is 0.326 e. The van der Waals surface area contributed by atoms with Crippen LogP contribution in [-0.4, -0.2) is 9.78 Å². The number of rotatable bonds is 3. The Balaban J connectivity index is 2.07. The van der Waals surface area contributed by atoms with Crippen molar-refractivity contribution in [1.29, 1.82) is 0 Å². The van der Waals surface area contributed by atoms with Crippen molar-refractivity contribution in [2.75, 3.05) is 0 Å². The molecule has 0 amide bonds. The Labute approximate surface area is 122 Å². The molecule has 0 bridgehead atoms. The van der Waals surface area contributed by atoms with Gasteiger partial charge in [0.15, 0.2) is 0 Å². The van der Waals surface area contributed by atoms with Gasteiger partial charge in [-0.1, -0.05) is 41.9 Å². The smallest absolute Gasteiger partial charge is 0.0972 e. The third-order valence-corrected chi connectivity index (χ3v) is 3.40. The third kappa shape index (κ3) is 2.46. The van der Waals surface area contributed by atoms with E-state index in [0.29, 0.717) is 11.6 Å². The first-order valence-corrected chi connectivity index (χ1v) is 6.75. The lowest BCUT2D eigenvalue weighted by molar-refractivity contribution is 0.883.